The summed E-state index contributed by atoms with van der Waals surface area (Å²) in [6, 6.07) is 16.5. The second-order valence-electron chi connectivity index (χ2n) is 12.4. The van der Waals surface area contributed by atoms with Crippen LogP contribution in [0, 0.1) is 13.8 Å². The molecule has 47 heavy (non-hydrogen) atoms. The zero-order valence-corrected chi connectivity index (χ0v) is 28.5. The molecule has 6 rings (SSSR count). The summed E-state index contributed by atoms with van der Waals surface area (Å²) < 4.78 is 5.58. The predicted octanol–water partition coefficient (Wildman–Crippen LogP) is 5.36. The number of aryl methyl sites for hydroxylation is 2. The molecule has 5 aromatic rings. The molecule has 0 radical (unpaired) electrons. The summed E-state index contributed by atoms with van der Waals surface area (Å²) in [5.74, 6) is 1.57. The lowest BCUT2D eigenvalue weighted by molar-refractivity contribution is 0.111. The monoisotopic (exact) mass is 635 g/mol. The number of benzene rings is 2. The maximum atomic E-state index is 5.58. The topological polar surface area (TPSA) is 111 Å². The van der Waals surface area contributed by atoms with Crippen LogP contribution < -0.4 is 25.3 Å². The van der Waals surface area contributed by atoms with Gasteiger partial charge in [0.05, 0.1) is 17.6 Å². The molecule has 0 amide bonds. The van der Waals surface area contributed by atoms with E-state index in [4.69, 9.17) is 29.7 Å². The summed E-state index contributed by atoms with van der Waals surface area (Å²) in [6.07, 6.45) is 0. The van der Waals surface area contributed by atoms with Gasteiger partial charge in [-0.15, -0.1) is 0 Å². The Bertz CT molecular complexity index is 1750. The average Bonchev–Trinajstić information content (AvgIpc) is 3.04. The molecule has 0 atom stereocenters. The molecule has 12 heteroatoms. The Balaban J connectivity index is 1.33. The molecule has 246 valence electrons. The van der Waals surface area contributed by atoms with Crippen LogP contribution in [0.4, 0.5) is 40.6 Å². The molecule has 2 N–H and O–H groups in total. The van der Waals surface area contributed by atoms with Gasteiger partial charge in [0.1, 0.15) is 0 Å². The van der Waals surface area contributed by atoms with Gasteiger partial charge in [-0.05, 0) is 69.3 Å². The number of anilines is 7. The van der Waals surface area contributed by atoms with Crippen LogP contribution in [0.5, 0.6) is 0 Å². The minimum absolute atomic E-state index is 0.467. The van der Waals surface area contributed by atoms with Crippen LogP contribution in [0.1, 0.15) is 18.3 Å². The van der Waals surface area contributed by atoms with Crippen LogP contribution in [0.15, 0.2) is 48.5 Å². The molecule has 0 aliphatic carbocycles. The van der Waals surface area contributed by atoms with Gasteiger partial charge in [-0.1, -0.05) is 0 Å². The molecule has 1 fully saturated rings. The number of ether oxygens (including phenoxy) is 1. The Morgan fingerprint density at radius 3 is 1.66 bits per heavy atom. The van der Waals surface area contributed by atoms with E-state index in [1.807, 2.05) is 73.2 Å². The Morgan fingerprint density at radius 2 is 1.19 bits per heavy atom. The number of hydrogen-bond acceptors (Lipinski definition) is 12. The summed E-state index contributed by atoms with van der Waals surface area (Å²) in [4.78, 5) is 33.0. The minimum Gasteiger partial charge on any atom is -0.380 e. The van der Waals surface area contributed by atoms with E-state index in [0.717, 1.165) is 102 Å². The highest BCUT2D eigenvalue weighted by atomic mass is 16.5. The number of rotatable bonds is 11. The summed E-state index contributed by atoms with van der Waals surface area (Å²) in [5, 5.41) is 9.04. The standard InChI is InChI=1S/C35H45N11O/c1-8-47-18-17-45-13-15-46(16-14-45)35-41-33(38-25-9-11-29-27(21-25)31(43(4)5)19-23(2)36-29)40-34(42-35)39-26-10-12-30-28(22-26)32(44(6)7)20-24(3)37-30/h9-12,19-22H,8,13-18H2,1-7H3,(H2,38,39,40,41,42). The Kier molecular flexibility index (Phi) is 9.50. The van der Waals surface area contributed by atoms with E-state index in [1.54, 1.807) is 0 Å². The highest BCUT2D eigenvalue weighted by Gasteiger charge is 2.21. The average molecular weight is 636 g/mol. The first-order valence-electron chi connectivity index (χ1n) is 16.2. The normalized spacial score (nSPS) is 13.7. The highest BCUT2D eigenvalue weighted by molar-refractivity contribution is 5.95. The fourth-order valence-corrected chi connectivity index (χ4v) is 5.95. The molecular formula is C35H45N11O. The van der Waals surface area contributed by atoms with Gasteiger partial charge in [0.25, 0.3) is 0 Å². The smallest absolute Gasteiger partial charge is 0.233 e. The number of pyridine rings is 2. The lowest BCUT2D eigenvalue weighted by Gasteiger charge is -2.34. The van der Waals surface area contributed by atoms with Crippen molar-refractivity contribution in [3.05, 3.63) is 59.9 Å². The molecule has 12 nitrogen and oxygen atoms in total. The second-order valence-corrected chi connectivity index (χ2v) is 12.4. The SMILES string of the molecule is CCOCCN1CCN(c2nc(Nc3ccc4nc(C)cc(N(C)C)c4c3)nc(Nc3ccc4nc(C)cc(N(C)C)c4c3)n2)CC1. The van der Waals surface area contributed by atoms with Crippen molar-refractivity contribution >= 4 is 62.4 Å². The molecule has 0 unspecified atom stereocenters. The van der Waals surface area contributed by atoms with Gasteiger partial charge in [0.2, 0.25) is 17.8 Å². The van der Waals surface area contributed by atoms with E-state index in [-0.39, 0.29) is 0 Å². The van der Waals surface area contributed by atoms with Crippen molar-refractivity contribution in [2.24, 2.45) is 0 Å². The largest absolute Gasteiger partial charge is 0.380 e. The van der Waals surface area contributed by atoms with Gasteiger partial charge in [-0.25, -0.2) is 0 Å². The Morgan fingerprint density at radius 1 is 0.681 bits per heavy atom. The molecule has 1 saturated heterocycles. The van der Waals surface area contributed by atoms with Gasteiger partial charge in [0.15, 0.2) is 0 Å². The number of nitrogens with one attached hydrogen (secondary N) is 2. The molecule has 1 aliphatic heterocycles. The number of piperazine rings is 1. The maximum Gasteiger partial charge on any atom is 0.233 e. The van der Waals surface area contributed by atoms with Gasteiger partial charge >= 0.3 is 0 Å². The predicted molar refractivity (Wildman–Crippen MR) is 193 cm³/mol. The number of fused-ring (bicyclic) bond motifs is 2. The van der Waals surface area contributed by atoms with E-state index in [1.165, 1.54) is 0 Å². The third kappa shape index (κ3) is 7.44. The summed E-state index contributed by atoms with van der Waals surface area (Å²) in [7, 11) is 8.19. The molecule has 4 heterocycles. The van der Waals surface area contributed by atoms with E-state index < -0.39 is 0 Å². The van der Waals surface area contributed by atoms with Crippen LogP contribution in [0.25, 0.3) is 21.8 Å². The van der Waals surface area contributed by atoms with E-state index in [9.17, 15) is 0 Å². The third-order valence-corrected chi connectivity index (χ3v) is 8.34. The third-order valence-electron chi connectivity index (χ3n) is 8.34. The molecule has 0 saturated carbocycles. The molecule has 0 spiro atoms. The van der Waals surface area contributed by atoms with E-state index >= 15 is 0 Å². The lowest BCUT2D eigenvalue weighted by atomic mass is 10.1. The number of nitrogens with zero attached hydrogens (tertiary/aromatic N) is 9. The summed E-state index contributed by atoms with van der Waals surface area (Å²) >= 11 is 0. The Labute approximate surface area is 276 Å². The van der Waals surface area contributed by atoms with Crippen molar-refractivity contribution in [2.45, 2.75) is 20.8 Å². The molecule has 2 aromatic carbocycles. The zero-order chi connectivity index (χ0) is 33.1. The van der Waals surface area contributed by atoms with Crippen molar-refractivity contribution in [3.8, 4) is 0 Å². The van der Waals surface area contributed by atoms with Crippen LogP contribution >= 0.6 is 0 Å². The fourth-order valence-electron chi connectivity index (χ4n) is 5.95. The first-order valence-corrected chi connectivity index (χ1v) is 16.2. The molecule has 0 bridgehead atoms. The number of aromatic nitrogens is 5. The summed E-state index contributed by atoms with van der Waals surface area (Å²) in [5.41, 5.74) is 7.81. The van der Waals surface area contributed by atoms with Gasteiger partial charge in [-0.3, -0.25) is 14.9 Å². The minimum atomic E-state index is 0.467. The van der Waals surface area contributed by atoms with E-state index in [2.05, 4.69) is 54.5 Å². The maximum absolute atomic E-state index is 5.58. The molecule has 3 aromatic heterocycles. The molecule has 1 aliphatic rings. The fraction of sp³-hybridized carbons (Fsp3) is 0.400. The summed E-state index contributed by atoms with van der Waals surface area (Å²) in [6.45, 7) is 11.9. The Hall–Kier alpha value is -4.81. The van der Waals surface area contributed by atoms with Crippen LogP contribution in [-0.4, -0.2) is 104 Å². The van der Waals surface area contributed by atoms with Crippen molar-refractivity contribution in [2.75, 3.05) is 99.5 Å². The van der Waals surface area contributed by atoms with Crippen molar-refractivity contribution in [1.29, 1.82) is 0 Å². The lowest BCUT2D eigenvalue weighted by Crippen LogP contribution is -2.48. The quantitative estimate of drug-likeness (QED) is 0.182. The van der Waals surface area contributed by atoms with Crippen LogP contribution in [0.3, 0.4) is 0 Å². The van der Waals surface area contributed by atoms with Crippen LogP contribution in [0.2, 0.25) is 0 Å². The van der Waals surface area contributed by atoms with Gasteiger partial charge in [0, 0.05) is 112 Å². The van der Waals surface area contributed by atoms with Crippen LogP contribution in [-0.2, 0) is 4.74 Å². The van der Waals surface area contributed by atoms with Gasteiger partial charge < -0.3 is 30.1 Å². The van der Waals surface area contributed by atoms with Crippen molar-refractivity contribution in [3.63, 3.8) is 0 Å². The first kappa shape index (κ1) is 32.1. The van der Waals surface area contributed by atoms with Crippen molar-refractivity contribution < 1.29 is 4.74 Å². The first-order chi connectivity index (χ1) is 22.7. The van der Waals surface area contributed by atoms with E-state index in [0.29, 0.717) is 17.8 Å². The second kappa shape index (κ2) is 13.9. The zero-order valence-electron chi connectivity index (χ0n) is 28.5. The highest BCUT2D eigenvalue weighted by Crippen LogP contribution is 2.31. The number of hydrogen-bond donors (Lipinski definition) is 2. The van der Waals surface area contributed by atoms with Gasteiger partial charge in [-0.2, -0.15) is 15.0 Å². The molecular weight excluding hydrogens is 590 g/mol. The van der Waals surface area contributed by atoms with Crippen molar-refractivity contribution in [1.82, 2.24) is 29.8 Å².